The number of carbonyl (C=O) groups is 3. The number of allylic oxidation sites excluding steroid dienone is 2. The van der Waals surface area contributed by atoms with E-state index in [2.05, 4.69) is 14.4 Å². The van der Waals surface area contributed by atoms with E-state index in [4.69, 9.17) is 14.2 Å². The lowest BCUT2D eigenvalue weighted by Gasteiger charge is -2.20. The molecule has 1 aliphatic carbocycles. The van der Waals surface area contributed by atoms with Crippen molar-refractivity contribution >= 4 is 17.7 Å². The SMILES string of the molecule is COC1=C(OC)C(=O)C(CCCCCCCCCCOC(=O)OCC(CO[N+](=O)[O-])O[N+](=O)[O-])=C(C)C1=O. The van der Waals surface area contributed by atoms with Crippen molar-refractivity contribution in [3.63, 3.8) is 0 Å². The molecular weight excluding hydrogens is 512 g/mol. The zero-order chi connectivity index (χ0) is 28.5. The van der Waals surface area contributed by atoms with E-state index in [0.717, 1.165) is 44.9 Å². The number of Topliss-reactive ketones (excluding diaryl/α,β-unsaturated/α-hetero) is 2. The molecule has 0 aromatic rings. The third kappa shape index (κ3) is 11.4. The Kier molecular flexibility index (Phi) is 14.8. The van der Waals surface area contributed by atoms with Gasteiger partial charge in [0.15, 0.2) is 6.10 Å². The van der Waals surface area contributed by atoms with Gasteiger partial charge in [0.05, 0.1) is 20.8 Å². The lowest BCUT2D eigenvalue weighted by Crippen LogP contribution is -2.30. The molecule has 1 atom stereocenters. The molecular formula is C23H34N2O13. The molecule has 1 aliphatic rings. The smallest absolute Gasteiger partial charge is 0.489 e. The molecule has 0 fully saturated rings. The van der Waals surface area contributed by atoms with E-state index in [1.807, 2.05) is 0 Å². The van der Waals surface area contributed by atoms with Crippen molar-refractivity contribution in [2.75, 3.05) is 34.0 Å². The summed E-state index contributed by atoms with van der Waals surface area (Å²) in [6.07, 6.45) is 4.92. The van der Waals surface area contributed by atoms with Gasteiger partial charge in [0.25, 0.3) is 10.2 Å². The fraction of sp³-hybridized carbons (Fsp3) is 0.696. The summed E-state index contributed by atoms with van der Waals surface area (Å²) in [6.45, 7) is 0.292. The van der Waals surface area contributed by atoms with Gasteiger partial charge < -0.3 is 28.6 Å². The summed E-state index contributed by atoms with van der Waals surface area (Å²) in [5, 5.41) is 18.2. The number of rotatable bonds is 20. The van der Waals surface area contributed by atoms with E-state index < -0.39 is 35.6 Å². The maximum Gasteiger partial charge on any atom is 0.508 e. The summed E-state index contributed by atoms with van der Waals surface area (Å²) >= 11 is 0. The van der Waals surface area contributed by atoms with Crippen molar-refractivity contribution in [3.05, 3.63) is 42.9 Å². The number of methoxy groups -OCH3 is 2. The van der Waals surface area contributed by atoms with Crippen LogP contribution in [0, 0.1) is 20.2 Å². The van der Waals surface area contributed by atoms with E-state index in [1.165, 1.54) is 14.2 Å². The number of hydrogen-bond acceptors (Lipinski definition) is 13. The van der Waals surface area contributed by atoms with Crippen LogP contribution in [-0.4, -0.2) is 68.0 Å². The number of unbranched alkanes of at least 4 members (excludes halogenated alkanes) is 7. The summed E-state index contributed by atoms with van der Waals surface area (Å²) in [5.74, 6) is -0.740. The standard InChI is InChI=1S/C23H34N2O13/c1-16-18(20(27)22(34-3)21(33-2)19(16)26)12-10-8-6-4-5-7-9-11-13-35-23(28)36-14-17(38-25(31)32)15-37-24(29)30/h17H,4-15H2,1-3H3. The molecule has 0 heterocycles. The molecule has 15 heteroatoms. The highest BCUT2D eigenvalue weighted by Crippen LogP contribution is 2.28. The zero-order valence-corrected chi connectivity index (χ0v) is 21.8. The zero-order valence-electron chi connectivity index (χ0n) is 21.8. The predicted molar refractivity (Wildman–Crippen MR) is 127 cm³/mol. The van der Waals surface area contributed by atoms with Gasteiger partial charge >= 0.3 is 6.16 Å². The van der Waals surface area contributed by atoms with Crippen molar-refractivity contribution < 1.29 is 53.2 Å². The first-order chi connectivity index (χ1) is 18.1. The number of carbonyl (C=O) groups excluding carboxylic acids is 3. The molecule has 0 aromatic heterocycles. The molecule has 1 rings (SSSR count). The molecule has 15 nitrogen and oxygen atoms in total. The van der Waals surface area contributed by atoms with Crippen LogP contribution >= 0.6 is 0 Å². The van der Waals surface area contributed by atoms with Crippen LogP contribution in [0.5, 0.6) is 0 Å². The Hall–Kier alpha value is -3.91. The average Bonchev–Trinajstić information content (AvgIpc) is 2.87. The van der Waals surface area contributed by atoms with Crippen LogP contribution in [0.15, 0.2) is 22.7 Å². The van der Waals surface area contributed by atoms with Crippen molar-refractivity contribution in [1.82, 2.24) is 0 Å². The Bertz CT molecular complexity index is 913. The molecule has 0 saturated carbocycles. The average molecular weight is 547 g/mol. The third-order valence-electron chi connectivity index (χ3n) is 5.62. The Balaban J connectivity index is 2.13. The lowest BCUT2D eigenvalue weighted by molar-refractivity contribution is -0.790. The van der Waals surface area contributed by atoms with Gasteiger partial charge in [-0.3, -0.25) is 9.59 Å². The molecule has 1 unspecified atom stereocenters. The maximum absolute atomic E-state index is 12.6. The highest BCUT2D eigenvalue weighted by atomic mass is 17.0. The minimum absolute atomic E-state index is 0.0503. The lowest BCUT2D eigenvalue weighted by atomic mass is 9.89. The number of nitrogens with zero attached hydrogens (tertiary/aromatic N) is 2. The molecule has 38 heavy (non-hydrogen) atoms. The van der Waals surface area contributed by atoms with Gasteiger partial charge in [-0.1, -0.05) is 38.5 Å². The van der Waals surface area contributed by atoms with Crippen LogP contribution in [0.3, 0.4) is 0 Å². The van der Waals surface area contributed by atoms with Crippen LogP contribution in [0.25, 0.3) is 0 Å². The van der Waals surface area contributed by atoms with Crippen LogP contribution in [-0.2, 0) is 38.2 Å². The van der Waals surface area contributed by atoms with E-state index in [1.54, 1.807) is 6.92 Å². The van der Waals surface area contributed by atoms with E-state index in [0.29, 0.717) is 24.0 Å². The monoisotopic (exact) mass is 546 g/mol. The second-order valence-corrected chi connectivity index (χ2v) is 8.29. The fourth-order valence-electron chi connectivity index (χ4n) is 3.69. The minimum atomic E-state index is -1.46. The topological polar surface area (TPSA) is 193 Å². The molecule has 0 aromatic carbocycles. The largest absolute Gasteiger partial charge is 0.508 e. The predicted octanol–water partition coefficient (Wildman–Crippen LogP) is 3.41. The van der Waals surface area contributed by atoms with Crippen LogP contribution in [0.2, 0.25) is 0 Å². The first-order valence-electron chi connectivity index (χ1n) is 12.1. The van der Waals surface area contributed by atoms with Gasteiger partial charge in [0.1, 0.15) is 13.2 Å². The molecule has 0 N–H and O–H groups in total. The van der Waals surface area contributed by atoms with Gasteiger partial charge in [-0.2, -0.15) is 0 Å². The second-order valence-electron chi connectivity index (χ2n) is 8.29. The van der Waals surface area contributed by atoms with Crippen molar-refractivity contribution in [1.29, 1.82) is 0 Å². The molecule has 0 amide bonds. The van der Waals surface area contributed by atoms with Gasteiger partial charge in [0.2, 0.25) is 23.1 Å². The van der Waals surface area contributed by atoms with E-state index in [-0.39, 0.29) is 29.7 Å². The van der Waals surface area contributed by atoms with Crippen molar-refractivity contribution in [2.45, 2.75) is 70.8 Å². The van der Waals surface area contributed by atoms with Gasteiger partial charge in [-0.15, -0.1) is 20.2 Å². The Morgan fingerprint density at radius 1 is 0.789 bits per heavy atom. The minimum Gasteiger partial charge on any atom is -0.489 e. The number of ether oxygens (including phenoxy) is 4. The molecule has 214 valence electrons. The number of hydrogen-bond donors (Lipinski definition) is 0. The van der Waals surface area contributed by atoms with E-state index in [9.17, 15) is 34.6 Å². The third-order valence-corrected chi connectivity index (χ3v) is 5.62. The molecule has 0 spiro atoms. The van der Waals surface area contributed by atoms with Gasteiger partial charge in [0, 0.05) is 11.1 Å². The summed E-state index contributed by atoms with van der Waals surface area (Å²) in [5.41, 5.74) is 0.865. The first-order valence-corrected chi connectivity index (χ1v) is 12.1. The fourth-order valence-corrected chi connectivity index (χ4v) is 3.69. The Labute approximate surface area is 219 Å². The highest BCUT2D eigenvalue weighted by Gasteiger charge is 2.34. The van der Waals surface area contributed by atoms with Crippen LogP contribution < -0.4 is 0 Å². The maximum atomic E-state index is 12.6. The Morgan fingerprint density at radius 3 is 1.89 bits per heavy atom. The molecule has 0 radical (unpaired) electrons. The van der Waals surface area contributed by atoms with Gasteiger partial charge in [-0.05, 0) is 26.2 Å². The van der Waals surface area contributed by atoms with Crippen molar-refractivity contribution in [2.24, 2.45) is 0 Å². The number of ketones is 2. The molecule has 0 aliphatic heterocycles. The van der Waals surface area contributed by atoms with Gasteiger partial charge in [-0.25, -0.2) is 4.79 Å². The normalized spacial score (nSPS) is 14.2. The van der Waals surface area contributed by atoms with Crippen molar-refractivity contribution in [3.8, 4) is 0 Å². The summed E-state index contributed by atoms with van der Waals surface area (Å²) < 4.78 is 19.6. The molecule has 0 saturated heterocycles. The first kappa shape index (κ1) is 32.1. The second kappa shape index (κ2) is 17.5. The van der Waals surface area contributed by atoms with Crippen LogP contribution in [0.4, 0.5) is 4.79 Å². The summed E-state index contributed by atoms with van der Waals surface area (Å²) in [4.78, 5) is 65.2. The highest BCUT2D eigenvalue weighted by molar-refractivity contribution is 6.23. The van der Waals surface area contributed by atoms with E-state index >= 15 is 0 Å². The Morgan fingerprint density at radius 2 is 1.34 bits per heavy atom. The summed E-state index contributed by atoms with van der Waals surface area (Å²) in [6, 6.07) is 0. The quantitative estimate of drug-likeness (QED) is 0.0709. The van der Waals surface area contributed by atoms with Crippen LogP contribution in [0.1, 0.15) is 64.7 Å². The summed E-state index contributed by atoms with van der Waals surface area (Å²) in [7, 11) is 2.67. The molecule has 0 bridgehead atoms.